The van der Waals surface area contributed by atoms with E-state index in [4.69, 9.17) is 9.47 Å². The number of benzene rings is 1. The maximum Gasteiger partial charge on any atom is 0.164 e. The van der Waals surface area contributed by atoms with E-state index < -0.39 is 0 Å². The lowest BCUT2D eigenvalue weighted by molar-refractivity contribution is 0.226. The summed E-state index contributed by atoms with van der Waals surface area (Å²) in [5.41, 5.74) is 1.27. The topological polar surface area (TPSA) is 30.5 Å². The minimum atomic E-state index is 0.166. The third-order valence-corrected chi connectivity index (χ3v) is 3.54. The highest BCUT2D eigenvalue weighted by molar-refractivity contribution is 5.47. The van der Waals surface area contributed by atoms with Crippen LogP contribution < -0.4 is 14.8 Å². The molecule has 0 bridgehead atoms. The van der Waals surface area contributed by atoms with Gasteiger partial charge in [-0.25, -0.2) is 0 Å². The quantitative estimate of drug-likeness (QED) is 0.885. The van der Waals surface area contributed by atoms with E-state index in [1.807, 2.05) is 6.07 Å². The number of hydrogen-bond acceptors (Lipinski definition) is 3. The van der Waals surface area contributed by atoms with Gasteiger partial charge in [0, 0.05) is 0 Å². The number of para-hydroxylation sites is 1. The molecule has 0 saturated carbocycles. The average Bonchev–Trinajstić information content (AvgIpc) is 2.41. The lowest BCUT2D eigenvalue weighted by atomic mass is 9.92. The highest BCUT2D eigenvalue weighted by atomic mass is 16.5. The molecule has 1 unspecified atom stereocenters. The molecule has 1 heterocycles. The Morgan fingerprint density at radius 2 is 2.21 bits per heavy atom. The van der Waals surface area contributed by atoms with Crippen molar-refractivity contribution in [2.75, 3.05) is 20.2 Å². The van der Waals surface area contributed by atoms with Gasteiger partial charge in [-0.3, -0.25) is 0 Å². The van der Waals surface area contributed by atoms with Gasteiger partial charge in [-0.2, -0.15) is 0 Å². The second-order valence-electron chi connectivity index (χ2n) is 5.53. The Hall–Kier alpha value is -1.22. The van der Waals surface area contributed by atoms with Gasteiger partial charge < -0.3 is 14.8 Å². The predicted molar refractivity (Wildman–Crippen MR) is 78.1 cm³/mol. The first-order valence-corrected chi connectivity index (χ1v) is 7.24. The Bertz CT molecular complexity index is 398. The van der Waals surface area contributed by atoms with Crippen molar-refractivity contribution in [3.63, 3.8) is 0 Å². The first-order valence-electron chi connectivity index (χ1n) is 7.24. The van der Waals surface area contributed by atoms with E-state index in [9.17, 15) is 0 Å². The molecule has 0 aliphatic carbocycles. The molecule has 0 aromatic heterocycles. The van der Waals surface area contributed by atoms with Gasteiger partial charge in [-0.15, -0.1) is 0 Å². The maximum atomic E-state index is 5.96. The number of methoxy groups -OCH3 is 1. The summed E-state index contributed by atoms with van der Waals surface area (Å²) in [6.07, 6.45) is 3.80. The first kappa shape index (κ1) is 14.2. The van der Waals surface area contributed by atoms with Crippen LogP contribution in [0.4, 0.5) is 0 Å². The summed E-state index contributed by atoms with van der Waals surface area (Å²) in [6, 6.07) is 6.19. The SMILES string of the molecule is COc1cccc(CC2CCCNC2)c1OC(C)C. The summed E-state index contributed by atoms with van der Waals surface area (Å²) in [6.45, 7) is 6.37. The van der Waals surface area contributed by atoms with E-state index >= 15 is 0 Å². The van der Waals surface area contributed by atoms with E-state index in [2.05, 4.69) is 31.3 Å². The van der Waals surface area contributed by atoms with E-state index in [-0.39, 0.29) is 6.10 Å². The van der Waals surface area contributed by atoms with E-state index in [1.165, 1.54) is 18.4 Å². The largest absolute Gasteiger partial charge is 0.493 e. The summed E-state index contributed by atoms with van der Waals surface area (Å²) in [5.74, 6) is 2.47. The van der Waals surface area contributed by atoms with Crippen molar-refractivity contribution < 1.29 is 9.47 Å². The van der Waals surface area contributed by atoms with E-state index in [1.54, 1.807) is 7.11 Å². The third-order valence-electron chi connectivity index (χ3n) is 3.54. The molecule has 1 fully saturated rings. The molecule has 1 N–H and O–H groups in total. The Morgan fingerprint density at radius 1 is 1.37 bits per heavy atom. The second kappa shape index (κ2) is 6.80. The Kier molecular flexibility index (Phi) is 5.08. The van der Waals surface area contributed by atoms with E-state index in [0.29, 0.717) is 5.92 Å². The van der Waals surface area contributed by atoms with Gasteiger partial charge in [0.2, 0.25) is 0 Å². The molecule has 1 aliphatic heterocycles. The number of nitrogens with one attached hydrogen (secondary N) is 1. The van der Waals surface area contributed by atoms with Crippen molar-refractivity contribution in [1.29, 1.82) is 0 Å². The minimum absolute atomic E-state index is 0.166. The normalized spacial score (nSPS) is 19.5. The minimum Gasteiger partial charge on any atom is -0.493 e. The molecule has 2 rings (SSSR count). The smallest absolute Gasteiger partial charge is 0.164 e. The van der Waals surface area contributed by atoms with Gasteiger partial charge in [-0.1, -0.05) is 12.1 Å². The summed E-state index contributed by atoms with van der Waals surface area (Å²) in [7, 11) is 1.70. The fourth-order valence-corrected chi connectivity index (χ4v) is 2.66. The molecule has 3 heteroatoms. The number of piperidine rings is 1. The number of ether oxygens (including phenoxy) is 2. The fraction of sp³-hybridized carbons (Fsp3) is 0.625. The maximum absolute atomic E-state index is 5.96. The van der Waals surface area contributed by atoms with Crippen LogP contribution in [-0.4, -0.2) is 26.3 Å². The lowest BCUT2D eigenvalue weighted by Gasteiger charge is -2.24. The fourth-order valence-electron chi connectivity index (χ4n) is 2.66. The van der Waals surface area contributed by atoms with Crippen molar-refractivity contribution in [2.24, 2.45) is 5.92 Å². The van der Waals surface area contributed by atoms with Crippen LogP contribution in [0.3, 0.4) is 0 Å². The lowest BCUT2D eigenvalue weighted by Crippen LogP contribution is -2.31. The zero-order valence-corrected chi connectivity index (χ0v) is 12.2. The second-order valence-corrected chi connectivity index (χ2v) is 5.53. The average molecular weight is 263 g/mol. The first-order chi connectivity index (χ1) is 9.20. The van der Waals surface area contributed by atoms with Crippen LogP contribution in [0.25, 0.3) is 0 Å². The molecule has 1 aliphatic rings. The van der Waals surface area contributed by atoms with Crippen molar-refractivity contribution in [2.45, 2.75) is 39.2 Å². The van der Waals surface area contributed by atoms with Gasteiger partial charge >= 0.3 is 0 Å². The van der Waals surface area contributed by atoms with Crippen LogP contribution in [-0.2, 0) is 6.42 Å². The van der Waals surface area contributed by atoms with Gasteiger partial charge in [0.15, 0.2) is 11.5 Å². The molecule has 1 aromatic carbocycles. The van der Waals surface area contributed by atoms with Crippen LogP contribution in [0.2, 0.25) is 0 Å². The van der Waals surface area contributed by atoms with Crippen molar-refractivity contribution in [3.8, 4) is 11.5 Å². The van der Waals surface area contributed by atoms with Gasteiger partial charge in [0.05, 0.1) is 13.2 Å². The summed E-state index contributed by atoms with van der Waals surface area (Å²) < 4.78 is 11.4. The molecule has 0 amide bonds. The van der Waals surface area contributed by atoms with Crippen LogP contribution in [0, 0.1) is 5.92 Å². The van der Waals surface area contributed by atoms with Crippen molar-refractivity contribution in [1.82, 2.24) is 5.32 Å². The molecule has 0 radical (unpaired) electrons. The van der Waals surface area contributed by atoms with Crippen LogP contribution >= 0.6 is 0 Å². The van der Waals surface area contributed by atoms with Crippen molar-refractivity contribution >= 4 is 0 Å². The molecule has 106 valence electrons. The van der Waals surface area contributed by atoms with E-state index in [0.717, 1.165) is 31.0 Å². The number of hydrogen-bond donors (Lipinski definition) is 1. The zero-order chi connectivity index (χ0) is 13.7. The molecule has 1 aromatic rings. The highest BCUT2D eigenvalue weighted by Crippen LogP contribution is 2.34. The molecule has 3 nitrogen and oxygen atoms in total. The Morgan fingerprint density at radius 3 is 2.84 bits per heavy atom. The van der Waals surface area contributed by atoms with Crippen LogP contribution in [0.15, 0.2) is 18.2 Å². The number of rotatable bonds is 5. The Labute approximate surface area is 116 Å². The highest BCUT2D eigenvalue weighted by Gasteiger charge is 2.18. The molecular weight excluding hydrogens is 238 g/mol. The van der Waals surface area contributed by atoms with Gasteiger partial charge in [0.1, 0.15) is 0 Å². The van der Waals surface area contributed by atoms with Gasteiger partial charge in [-0.05, 0) is 63.7 Å². The zero-order valence-electron chi connectivity index (χ0n) is 12.2. The molecule has 0 spiro atoms. The standard InChI is InChI=1S/C16H25NO2/c1-12(2)19-16-14(7-4-8-15(16)18-3)10-13-6-5-9-17-11-13/h4,7-8,12-13,17H,5-6,9-11H2,1-3H3. The Balaban J connectivity index is 2.17. The van der Waals surface area contributed by atoms with Gasteiger partial charge in [0.25, 0.3) is 0 Å². The summed E-state index contributed by atoms with van der Waals surface area (Å²) >= 11 is 0. The molecule has 1 saturated heterocycles. The third kappa shape index (κ3) is 3.87. The summed E-state index contributed by atoms with van der Waals surface area (Å²) in [4.78, 5) is 0. The molecule has 1 atom stereocenters. The van der Waals surface area contributed by atoms with Crippen LogP contribution in [0.1, 0.15) is 32.3 Å². The summed E-state index contributed by atoms with van der Waals surface area (Å²) in [5, 5.41) is 3.47. The molecular formula is C16H25NO2. The molecule has 19 heavy (non-hydrogen) atoms. The van der Waals surface area contributed by atoms with Crippen LogP contribution in [0.5, 0.6) is 11.5 Å². The monoisotopic (exact) mass is 263 g/mol. The predicted octanol–water partition coefficient (Wildman–Crippen LogP) is 3.02. The van der Waals surface area contributed by atoms with Crippen molar-refractivity contribution in [3.05, 3.63) is 23.8 Å².